The number of primary amides is 1. The minimum atomic E-state index is -0.265. The van der Waals surface area contributed by atoms with E-state index < -0.39 is 0 Å². The molecule has 0 radical (unpaired) electrons. The molecule has 0 atom stereocenters. The largest absolute Gasteiger partial charge is 0.370 e. The zero-order chi connectivity index (χ0) is 10.4. The molecule has 0 aliphatic heterocycles. The Kier molecular flexibility index (Phi) is 3.69. The normalized spacial score (nSPS) is 9.36. The third-order valence-corrected chi connectivity index (χ3v) is 1.97. The van der Waals surface area contributed by atoms with Crippen molar-refractivity contribution in [1.82, 2.24) is 0 Å². The summed E-state index contributed by atoms with van der Waals surface area (Å²) in [6, 6.07) is 9.41. The standard InChI is InChI=1S/C11H12N2O/c12-8-10-6-4-9(5-7-10)2-1-3-11(13)14/h4-7H,1-3H2,(H2,13,14). The van der Waals surface area contributed by atoms with Gasteiger partial charge in [0.15, 0.2) is 0 Å². The lowest BCUT2D eigenvalue weighted by atomic mass is 10.1. The van der Waals surface area contributed by atoms with E-state index in [0.717, 1.165) is 18.4 Å². The summed E-state index contributed by atoms with van der Waals surface area (Å²) in [6.45, 7) is 0. The van der Waals surface area contributed by atoms with Crippen LogP contribution in [0.15, 0.2) is 24.3 Å². The third-order valence-electron chi connectivity index (χ3n) is 1.97. The van der Waals surface area contributed by atoms with Crippen LogP contribution in [0.5, 0.6) is 0 Å². The number of amides is 1. The molecule has 1 aromatic carbocycles. The molecule has 3 heteroatoms. The Morgan fingerprint density at radius 1 is 1.36 bits per heavy atom. The lowest BCUT2D eigenvalue weighted by Gasteiger charge is -1.99. The van der Waals surface area contributed by atoms with Gasteiger partial charge < -0.3 is 5.73 Å². The number of aryl methyl sites for hydroxylation is 1. The Bertz CT molecular complexity index is 349. The van der Waals surface area contributed by atoms with Gasteiger partial charge in [-0.25, -0.2) is 0 Å². The summed E-state index contributed by atoms with van der Waals surface area (Å²) in [5.41, 5.74) is 6.81. The SMILES string of the molecule is N#Cc1ccc(CCCC(N)=O)cc1. The van der Waals surface area contributed by atoms with Crippen LogP contribution in [0.2, 0.25) is 0 Å². The van der Waals surface area contributed by atoms with E-state index in [1.165, 1.54) is 0 Å². The van der Waals surface area contributed by atoms with Crippen molar-refractivity contribution < 1.29 is 4.79 Å². The van der Waals surface area contributed by atoms with Crippen LogP contribution >= 0.6 is 0 Å². The first-order chi connectivity index (χ1) is 6.72. The van der Waals surface area contributed by atoms with Crippen molar-refractivity contribution in [3.8, 4) is 6.07 Å². The molecular weight excluding hydrogens is 176 g/mol. The summed E-state index contributed by atoms with van der Waals surface area (Å²) in [7, 11) is 0. The molecule has 1 aromatic rings. The van der Waals surface area contributed by atoms with Crippen LogP contribution in [0, 0.1) is 11.3 Å². The predicted octanol–water partition coefficient (Wildman–Crippen LogP) is 1.37. The average Bonchev–Trinajstić information content (AvgIpc) is 2.18. The van der Waals surface area contributed by atoms with Gasteiger partial charge >= 0.3 is 0 Å². The number of rotatable bonds is 4. The number of nitrogens with zero attached hydrogens (tertiary/aromatic N) is 1. The molecule has 3 nitrogen and oxygen atoms in total. The fourth-order valence-corrected chi connectivity index (χ4v) is 1.21. The topological polar surface area (TPSA) is 66.9 Å². The zero-order valence-corrected chi connectivity index (χ0v) is 7.86. The van der Waals surface area contributed by atoms with Crippen LogP contribution in [-0.2, 0) is 11.2 Å². The summed E-state index contributed by atoms with van der Waals surface area (Å²) in [5.74, 6) is -0.265. The maximum absolute atomic E-state index is 10.5. The van der Waals surface area contributed by atoms with Crippen molar-refractivity contribution in [1.29, 1.82) is 5.26 Å². The van der Waals surface area contributed by atoms with E-state index in [-0.39, 0.29) is 5.91 Å². The fraction of sp³-hybridized carbons (Fsp3) is 0.273. The van der Waals surface area contributed by atoms with Crippen LogP contribution in [-0.4, -0.2) is 5.91 Å². The van der Waals surface area contributed by atoms with E-state index in [1.807, 2.05) is 12.1 Å². The Hall–Kier alpha value is -1.82. The van der Waals surface area contributed by atoms with E-state index in [9.17, 15) is 4.79 Å². The molecule has 1 rings (SSSR count). The highest BCUT2D eigenvalue weighted by Gasteiger charge is 1.97. The second-order valence-corrected chi connectivity index (χ2v) is 3.13. The van der Waals surface area contributed by atoms with E-state index in [1.54, 1.807) is 12.1 Å². The highest BCUT2D eigenvalue weighted by molar-refractivity contribution is 5.73. The van der Waals surface area contributed by atoms with Gasteiger partial charge in [-0.2, -0.15) is 5.26 Å². The monoisotopic (exact) mass is 188 g/mol. The lowest BCUT2D eigenvalue weighted by Crippen LogP contribution is -2.10. The molecule has 0 aromatic heterocycles. The Balaban J connectivity index is 2.45. The van der Waals surface area contributed by atoms with Gasteiger partial charge in [-0.1, -0.05) is 12.1 Å². The van der Waals surface area contributed by atoms with Gasteiger partial charge in [0, 0.05) is 6.42 Å². The molecule has 0 heterocycles. The number of hydrogen-bond donors (Lipinski definition) is 1. The number of benzene rings is 1. The number of hydrogen-bond acceptors (Lipinski definition) is 2. The first kappa shape index (κ1) is 10.3. The van der Waals surface area contributed by atoms with Gasteiger partial charge in [0.25, 0.3) is 0 Å². The molecular formula is C11H12N2O. The Morgan fingerprint density at radius 3 is 2.50 bits per heavy atom. The smallest absolute Gasteiger partial charge is 0.217 e. The van der Waals surface area contributed by atoms with Crippen molar-refractivity contribution in [2.75, 3.05) is 0 Å². The van der Waals surface area contributed by atoms with Gasteiger partial charge in [-0.3, -0.25) is 4.79 Å². The molecule has 72 valence electrons. The van der Waals surface area contributed by atoms with E-state index in [2.05, 4.69) is 6.07 Å². The van der Waals surface area contributed by atoms with E-state index in [4.69, 9.17) is 11.0 Å². The Labute approximate surface area is 83.2 Å². The maximum atomic E-state index is 10.5. The quantitative estimate of drug-likeness (QED) is 0.775. The van der Waals surface area contributed by atoms with Crippen LogP contribution in [0.1, 0.15) is 24.0 Å². The summed E-state index contributed by atoms with van der Waals surface area (Å²) in [4.78, 5) is 10.5. The second-order valence-electron chi connectivity index (χ2n) is 3.13. The average molecular weight is 188 g/mol. The highest BCUT2D eigenvalue weighted by atomic mass is 16.1. The van der Waals surface area contributed by atoms with Crippen molar-refractivity contribution in [2.24, 2.45) is 5.73 Å². The molecule has 0 saturated heterocycles. The molecule has 0 aliphatic rings. The fourth-order valence-electron chi connectivity index (χ4n) is 1.21. The molecule has 0 bridgehead atoms. The van der Waals surface area contributed by atoms with Gasteiger partial charge in [-0.15, -0.1) is 0 Å². The molecule has 0 fully saturated rings. The first-order valence-electron chi connectivity index (χ1n) is 4.49. The zero-order valence-electron chi connectivity index (χ0n) is 7.86. The van der Waals surface area contributed by atoms with E-state index >= 15 is 0 Å². The van der Waals surface area contributed by atoms with Crippen LogP contribution in [0.25, 0.3) is 0 Å². The highest BCUT2D eigenvalue weighted by Crippen LogP contribution is 2.06. The van der Waals surface area contributed by atoms with Gasteiger partial charge in [-0.05, 0) is 30.5 Å². The van der Waals surface area contributed by atoms with Gasteiger partial charge in [0.2, 0.25) is 5.91 Å². The minimum Gasteiger partial charge on any atom is -0.370 e. The maximum Gasteiger partial charge on any atom is 0.217 e. The summed E-state index contributed by atoms with van der Waals surface area (Å²) in [6.07, 6.45) is 2.01. The van der Waals surface area contributed by atoms with Crippen molar-refractivity contribution in [3.63, 3.8) is 0 Å². The summed E-state index contributed by atoms with van der Waals surface area (Å²) in [5, 5.41) is 8.57. The number of carbonyl (C=O) groups excluding carboxylic acids is 1. The van der Waals surface area contributed by atoms with Crippen molar-refractivity contribution in [3.05, 3.63) is 35.4 Å². The minimum absolute atomic E-state index is 0.265. The molecule has 0 aliphatic carbocycles. The van der Waals surface area contributed by atoms with Gasteiger partial charge in [0.05, 0.1) is 11.6 Å². The van der Waals surface area contributed by atoms with Crippen LogP contribution < -0.4 is 5.73 Å². The number of nitrogens with two attached hydrogens (primary N) is 1. The predicted molar refractivity (Wildman–Crippen MR) is 53.3 cm³/mol. The van der Waals surface area contributed by atoms with E-state index in [0.29, 0.717) is 12.0 Å². The third kappa shape index (κ3) is 3.28. The molecule has 0 spiro atoms. The lowest BCUT2D eigenvalue weighted by molar-refractivity contribution is -0.118. The summed E-state index contributed by atoms with van der Waals surface area (Å²) >= 11 is 0. The summed E-state index contributed by atoms with van der Waals surface area (Å²) < 4.78 is 0. The first-order valence-corrected chi connectivity index (χ1v) is 4.49. The van der Waals surface area contributed by atoms with Crippen molar-refractivity contribution in [2.45, 2.75) is 19.3 Å². The Morgan fingerprint density at radius 2 is 2.00 bits per heavy atom. The number of nitriles is 1. The molecule has 14 heavy (non-hydrogen) atoms. The van der Waals surface area contributed by atoms with Crippen molar-refractivity contribution >= 4 is 5.91 Å². The molecule has 2 N–H and O–H groups in total. The van der Waals surface area contributed by atoms with Crippen LogP contribution in [0.4, 0.5) is 0 Å². The van der Waals surface area contributed by atoms with Gasteiger partial charge in [0.1, 0.15) is 0 Å². The van der Waals surface area contributed by atoms with Crippen LogP contribution in [0.3, 0.4) is 0 Å². The second kappa shape index (κ2) is 5.03. The molecule has 0 unspecified atom stereocenters. The molecule has 0 saturated carbocycles. The molecule has 1 amide bonds. The number of carbonyl (C=O) groups is 1.